The zero-order valence-electron chi connectivity index (χ0n) is 6.29. The largest absolute Gasteiger partial charge is 0.0499 e. The SMILES string of the molecule is C1CC2C3CC1C1C(C3)C21. The summed E-state index contributed by atoms with van der Waals surface area (Å²) in [5.74, 6) is 7.48. The van der Waals surface area contributed by atoms with E-state index in [1.165, 1.54) is 35.5 Å². The third-order valence-corrected chi connectivity index (χ3v) is 4.99. The van der Waals surface area contributed by atoms with Crippen LogP contribution in [-0.4, -0.2) is 0 Å². The molecule has 0 nitrogen and oxygen atoms in total. The highest BCUT2D eigenvalue weighted by molar-refractivity contribution is 5.17. The van der Waals surface area contributed by atoms with Gasteiger partial charge in [-0.1, -0.05) is 0 Å². The molecule has 0 amide bonds. The molecule has 54 valence electrons. The van der Waals surface area contributed by atoms with E-state index in [2.05, 4.69) is 0 Å². The first-order chi connectivity index (χ1) is 4.95. The lowest BCUT2D eigenvalue weighted by Gasteiger charge is -2.42. The van der Waals surface area contributed by atoms with Gasteiger partial charge in [-0.05, 0) is 61.2 Å². The first kappa shape index (κ1) is 4.79. The van der Waals surface area contributed by atoms with Crippen molar-refractivity contribution < 1.29 is 0 Å². The summed E-state index contributed by atoms with van der Waals surface area (Å²) in [4.78, 5) is 0. The summed E-state index contributed by atoms with van der Waals surface area (Å²) in [5, 5.41) is 0. The van der Waals surface area contributed by atoms with E-state index < -0.39 is 0 Å². The summed E-state index contributed by atoms with van der Waals surface area (Å²) in [6.07, 6.45) is 6.52. The van der Waals surface area contributed by atoms with Crippen LogP contribution in [0.4, 0.5) is 0 Å². The topological polar surface area (TPSA) is 0 Å². The molecule has 6 bridgehead atoms. The molecule has 6 saturated carbocycles. The van der Waals surface area contributed by atoms with E-state index in [1.54, 1.807) is 25.7 Å². The lowest BCUT2D eigenvalue weighted by atomic mass is 9.63. The molecular formula is C10H14. The van der Waals surface area contributed by atoms with E-state index in [-0.39, 0.29) is 0 Å². The molecule has 0 radical (unpaired) electrons. The van der Waals surface area contributed by atoms with Crippen molar-refractivity contribution in [3.8, 4) is 0 Å². The molecule has 0 aromatic rings. The maximum atomic E-state index is 1.65. The predicted octanol–water partition coefficient (Wildman–Crippen LogP) is 2.30. The molecule has 0 N–H and O–H groups in total. The Labute approximate surface area is 62.0 Å². The van der Waals surface area contributed by atoms with Crippen LogP contribution in [0.2, 0.25) is 0 Å². The van der Waals surface area contributed by atoms with E-state index in [0.717, 1.165) is 0 Å². The molecule has 6 rings (SSSR count). The molecule has 6 aliphatic rings. The highest BCUT2D eigenvalue weighted by Gasteiger charge is 2.69. The van der Waals surface area contributed by atoms with Crippen LogP contribution in [0, 0.1) is 35.5 Å². The Kier molecular flexibility index (Phi) is 0.570. The van der Waals surface area contributed by atoms with Crippen LogP contribution in [0.1, 0.15) is 25.7 Å². The normalized spacial score (nSPS) is 74.4. The van der Waals surface area contributed by atoms with Crippen LogP contribution in [0.25, 0.3) is 0 Å². The standard InChI is InChI=1S/C10H14/c1-2-7-6-3-5(1)9-8(4-6)10(7)9/h5-10H,1-4H2. The van der Waals surface area contributed by atoms with Crippen molar-refractivity contribution in [2.75, 3.05) is 0 Å². The highest BCUT2D eigenvalue weighted by atomic mass is 14.7. The molecule has 0 aromatic carbocycles. The van der Waals surface area contributed by atoms with E-state index in [9.17, 15) is 0 Å². The van der Waals surface area contributed by atoms with Gasteiger partial charge in [0.15, 0.2) is 0 Å². The quantitative estimate of drug-likeness (QED) is 0.477. The molecule has 0 aliphatic heterocycles. The Balaban J connectivity index is 1.90. The molecule has 6 atom stereocenters. The minimum Gasteiger partial charge on any atom is -0.0499 e. The average molecular weight is 134 g/mol. The fourth-order valence-electron chi connectivity index (χ4n) is 4.81. The van der Waals surface area contributed by atoms with Gasteiger partial charge in [0, 0.05) is 0 Å². The van der Waals surface area contributed by atoms with Gasteiger partial charge in [0.25, 0.3) is 0 Å². The molecule has 0 saturated heterocycles. The maximum Gasteiger partial charge on any atom is -0.0318 e. The van der Waals surface area contributed by atoms with Crippen LogP contribution in [0.3, 0.4) is 0 Å². The lowest BCUT2D eigenvalue weighted by molar-refractivity contribution is 0.0789. The number of hydrogen-bond acceptors (Lipinski definition) is 0. The molecule has 0 heteroatoms. The van der Waals surface area contributed by atoms with Gasteiger partial charge < -0.3 is 0 Å². The van der Waals surface area contributed by atoms with Crippen LogP contribution in [-0.2, 0) is 0 Å². The molecule has 6 unspecified atom stereocenters. The van der Waals surface area contributed by atoms with Crippen molar-refractivity contribution in [2.24, 2.45) is 35.5 Å². The van der Waals surface area contributed by atoms with E-state index >= 15 is 0 Å². The van der Waals surface area contributed by atoms with Gasteiger partial charge in [-0.2, -0.15) is 0 Å². The fraction of sp³-hybridized carbons (Fsp3) is 1.00. The Morgan fingerprint density at radius 3 is 2.30 bits per heavy atom. The van der Waals surface area contributed by atoms with Gasteiger partial charge in [-0.25, -0.2) is 0 Å². The summed E-state index contributed by atoms with van der Waals surface area (Å²) < 4.78 is 0. The van der Waals surface area contributed by atoms with E-state index in [0.29, 0.717) is 0 Å². The molecular weight excluding hydrogens is 120 g/mol. The first-order valence-electron chi connectivity index (χ1n) is 4.95. The zero-order chi connectivity index (χ0) is 6.29. The van der Waals surface area contributed by atoms with Crippen molar-refractivity contribution in [3.63, 3.8) is 0 Å². The number of rotatable bonds is 0. The van der Waals surface area contributed by atoms with Crippen molar-refractivity contribution in [1.29, 1.82) is 0 Å². The van der Waals surface area contributed by atoms with E-state index in [1.807, 2.05) is 0 Å². The van der Waals surface area contributed by atoms with Gasteiger partial charge in [0.05, 0.1) is 0 Å². The smallest absolute Gasteiger partial charge is 0.0318 e. The predicted molar refractivity (Wildman–Crippen MR) is 39.4 cm³/mol. The van der Waals surface area contributed by atoms with Crippen LogP contribution in [0.5, 0.6) is 0 Å². The first-order valence-corrected chi connectivity index (χ1v) is 4.95. The minimum absolute atomic E-state index is 1.22. The molecule has 6 aliphatic carbocycles. The molecule has 0 heterocycles. The zero-order valence-corrected chi connectivity index (χ0v) is 6.29. The molecule has 0 spiro atoms. The molecule has 10 heavy (non-hydrogen) atoms. The minimum atomic E-state index is 1.22. The summed E-state index contributed by atoms with van der Waals surface area (Å²) >= 11 is 0. The second-order valence-electron chi connectivity index (χ2n) is 5.05. The Morgan fingerprint density at radius 2 is 1.70 bits per heavy atom. The Hall–Kier alpha value is 0. The van der Waals surface area contributed by atoms with Crippen molar-refractivity contribution in [3.05, 3.63) is 0 Å². The summed E-state index contributed by atoms with van der Waals surface area (Å²) in [7, 11) is 0. The highest BCUT2D eigenvalue weighted by Crippen LogP contribution is 2.75. The van der Waals surface area contributed by atoms with Gasteiger partial charge in [-0.15, -0.1) is 0 Å². The summed E-state index contributed by atoms with van der Waals surface area (Å²) in [5.41, 5.74) is 0. The van der Waals surface area contributed by atoms with Gasteiger partial charge in [0.2, 0.25) is 0 Å². The number of fused-ring (bicyclic) bond motifs is 1. The second-order valence-corrected chi connectivity index (χ2v) is 5.05. The third-order valence-electron chi connectivity index (χ3n) is 4.99. The van der Waals surface area contributed by atoms with Crippen molar-refractivity contribution in [1.82, 2.24) is 0 Å². The second kappa shape index (κ2) is 1.19. The van der Waals surface area contributed by atoms with Gasteiger partial charge in [-0.3, -0.25) is 0 Å². The monoisotopic (exact) mass is 134 g/mol. The molecule has 0 aromatic heterocycles. The third kappa shape index (κ3) is 0.320. The molecule has 6 fully saturated rings. The maximum absolute atomic E-state index is 1.65. The number of hydrogen-bond donors (Lipinski definition) is 0. The average Bonchev–Trinajstić information content (AvgIpc) is 2.62. The van der Waals surface area contributed by atoms with Gasteiger partial charge in [0.1, 0.15) is 0 Å². The fourth-order valence-corrected chi connectivity index (χ4v) is 4.81. The van der Waals surface area contributed by atoms with Gasteiger partial charge >= 0.3 is 0 Å². The van der Waals surface area contributed by atoms with Crippen molar-refractivity contribution >= 4 is 0 Å². The lowest BCUT2D eigenvalue weighted by Crippen LogP contribution is -2.33. The van der Waals surface area contributed by atoms with Crippen LogP contribution >= 0.6 is 0 Å². The summed E-state index contributed by atoms with van der Waals surface area (Å²) in [6.45, 7) is 0. The van der Waals surface area contributed by atoms with Crippen LogP contribution < -0.4 is 0 Å². The van der Waals surface area contributed by atoms with E-state index in [4.69, 9.17) is 0 Å². The van der Waals surface area contributed by atoms with Crippen LogP contribution in [0.15, 0.2) is 0 Å². The Bertz CT molecular complexity index is 187. The summed E-state index contributed by atoms with van der Waals surface area (Å²) in [6, 6.07) is 0. The Morgan fingerprint density at radius 1 is 0.700 bits per heavy atom. The van der Waals surface area contributed by atoms with Crippen molar-refractivity contribution in [2.45, 2.75) is 25.7 Å².